The number of aromatic nitrogens is 1. The van der Waals surface area contributed by atoms with Gasteiger partial charge >= 0.3 is 29.6 Å². The van der Waals surface area contributed by atoms with Crippen molar-refractivity contribution in [2.24, 2.45) is 0 Å². The van der Waals surface area contributed by atoms with E-state index in [-0.39, 0.29) is 47.1 Å². The Morgan fingerprint density at radius 2 is 1.51 bits per heavy atom. The molecule has 8 nitrogen and oxygen atoms in total. The van der Waals surface area contributed by atoms with Crippen molar-refractivity contribution in [1.82, 2.24) is 9.88 Å². The average Bonchev–Trinajstić information content (AvgIpc) is 3.43. The van der Waals surface area contributed by atoms with Crippen LogP contribution in [0.25, 0.3) is 11.3 Å². The standard InChI is InChI=1S/C31H33N5O3S.Na/c1-21(2)36(27-14-8-24(9-15-27)30(38)39)31-33-28(20-40-31)22-4-10-25(11-5-22)32-29(37)23-6-12-26(13-7-23)35-18-16-34(3)17-19-35;/h4-15,20-21H,16-19H2,1-3H3,(H,32,37)(H,38,39);/q;+1/p-1. The molecule has 0 aliphatic carbocycles. The summed E-state index contributed by atoms with van der Waals surface area (Å²) in [7, 11) is 2.14. The average molecular weight is 578 g/mol. The number of carboxylic acid groups (broad SMARTS) is 1. The fraction of sp³-hybridized carbons (Fsp3) is 0.258. The van der Waals surface area contributed by atoms with E-state index >= 15 is 0 Å². The van der Waals surface area contributed by atoms with Gasteiger partial charge in [0.1, 0.15) is 0 Å². The summed E-state index contributed by atoms with van der Waals surface area (Å²) in [6.45, 7) is 8.18. The molecule has 1 aliphatic rings. The first-order chi connectivity index (χ1) is 19.3. The van der Waals surface area contributed by atoms with Crippen LogP contribution < -0.4 is 49.8 Å². The smallest absolute Gasteiger partial charge is 0.545 e. The summed E-state index contributed by atoms with van der Waals surface area (Å²) < 4.78 is 0. The molecule has 1 N–H and O–H groups in total. The Bertz CT molecular complexity index is 1470. The summed E-state index contributed by atoms with van der Waals surface area (Å²) in [4.78, 5) is 35.5. The third-order valence-electron chi connectivity index (χ3n) is 7.03. The van der Waals surface area contributed by atoms with Crippen LogP contribution in [0.2, 0.25) is 0 Å². The number of hydrogen-bond acceptors (Lipinski definition) is 8. The molecule has 1 amide bonds. The maximum atomic E-state index is 12.9. The molecule has 0 bridgehead atoms. The number of likely N-dealkylation sites (N-methyl/N-ethyl adjacent to an activating group) is 1. The van der Waals surface area contributed by atoms with Crippen LogP contribution in [0.15, 0.2) is 78.2 Å². The minimum atomic E-state index is -1.20. The molecule has 2 heterocycles. The molecule has 0 radical (unpaired) electrons. The number of thiazole rings is 1. The molecule has 1 aliphatic heterocycles. The van der Waals surface area contributed by atoms with Crippen LogP contribution in [0.1, 0.15) is 34.6 Å². The summed E-state index contributed by atoms with van der Waals surface area (Å²) in [5.74, 6) is -1.34. The van der Waals surface area contributed by atoms with E-state index in [2.05, 4.69) is 40.9 Å². The second-order valence-electron chi connectivity index (χ2n) is 10.2. The van der Waals surface area contributed by atoms with Gasteiger partial charge in [-0.15, -0.1) is 11.3 Å². The third kappa shape index (κ3) is 7.36. The molecule has 41 heavy (non-hydrogen) atoms. The fourth-order valence-corrected chi connectivity index (χ4v) is 5.70. The van der Waals surface area contributed by atoms with E-state index in [1.165, 1.54) is 11.3 Å². The summed E-state index contributed by atoms with van der Waals surface area (Å²) in [6, 6.07) is 22.2. The molecule has 5 rings (SSSR count). The van der Waals surface area contributed by atoms with Crippen LogP contribution in [0.5, 0.6) is 0 Å². The second-order valence-corrected chi connectivity index (χ2v) is 11.0. The number of rotatable bonds is 8. The Morgan fingerprint density at radius 3 is 2.10 bits per heavy atom. The number of carbonyl (C=O) groups excluding carboxylic acids is 2. The zero-order valence-electron chi connectivity index (χ0n) is 23.8. The molecular weight excluding hydrogens is 545 g/mol. The number of nitrogens with one attached hydrogen (secondary N) is 1. The van der Waals surface area contributed by atoms with Crippen LogP contribution in [0.3, 0.4) is 0 Å². The zero-order valence-corrected chi connectivity index (χ0v) is 26.6. The number of hydrogen-bond donors (Lipinski definition) is 1. The van der Waals surface area contributed by atoms with E-state index in [9.17, 15) is 14.7 Å². The van der Waals surface area contributed by atoms with Gasteiger partial charge in [0.15, 0.2) is 5.13 Å². The molecule has 0 spiro atoms. The largest absolute Gasteiger partial charge is 1.00 e. The fourth-order valence-electron chi connectivity index (χ4n) is 4.71. The Hall–Kier alpha value is -3.21. The van der Waals surface area contributed by atoms with Crippen LogP contribution in [-0.4, -0.2) is 61.0 Å². The molecule has 10 heteroatoms. The van der Waals surface area contributed by atoms with Crippen molar-refractivity contribution < 1.29 is 44.3 Å². The van der Waals surface area contributed by atoms with Crippen LogP contribution >= 0.6 is 11.3 Å². The number of benzene rings is 3. The number of nitrogens with zero attached hydrogens (tertiary/aromatic N) is 4. The van der Waals surface area contributed by atoms with Gasteiger partial charge < -0.3 is 29.9 Å². The number of anilines is 4. The minimum Gasteiger partial charge on any atom is -0.545 e. The summed E-state index contributed by atoms with van der Waals surface area (Å²) in [5.41, 5.74) is 5.24. The first kappa shape index (κ1) is 30.7. The van der Waals surface area contributed by atoms with Gasteiger partial charge in [-0.3, -0.25) is 4.79 Å². The van der Waals surface area contributed by atoms with Gasteiger partial charge in [0.25, 0.3) is 5.91 Å². The molecule has 1 aromatic heterocycles. The van der Waals surface area contributed by atoms with E-state index < -0.39 is 5.97 Å². The summed E-state index contributed by atoms with van der Waals surface area (Å²) in [6.07, 6.45) is 0. The Kier molecular flexibility index (Phi) is 10.2. The number of carbonyl (C=O) groups is 2. The second kappa shape index (κ2) is 13.6. The van der Waals surface area contributed by atoms with Crippen molar-refractivity contribution in [1.29, 1.82) is 0 Å². The van der Waals surface area contributed by atoms with E-state index in [1.807, 2.05) is 53.9 Å². The Balaban J connectivity index is 0.00000387. The first-order valence-corrected chi connectivity index (χ1v) is 14.2. The molecule has 0 saturated carbocycles. The molecule has 3 aromatic carbocycles. The predicted octanol–water partition coefficient (Wildman–Crippen LogP) is 1.73. The first-order valence-electron chi connectivity index (χ1n) is 13.3. The van der Waals surface area contributed by atoms with Crippen LogP contribution in [-0.2, 0) is 0 Å². The molecule has 4 aromatic rings. The van der Waals surface area contributed by atoms with Gasteiger partial charge in [0, 0.05) is 65.8 Å². The van der Waals surface area contributed by atoms with Crippen LogP contribution in [0, 0.1) is 0 Å². The van der Waals surface area contributed by atoms with Gasteiger partial charge in [-0.2, -0.15) is 0 Å². The van der Waals surface area contributed by atoms with E-state index in [4.69, 9.17) is 4.98 Å². The van der Waals surface area contributed by atoms with Crippen molar-refractivity contribution in [3.8, 4) is 11.3 Å². The summed E-state index contributed by atoms with van der Waals surface area (Å²) in [5, 5.41) is 16.9. The topological polar surface area (TPSA) is 91.8 Å². The SMILES string of the molecule is CC(C)N(c1ccc(C(=O)[O-])cc1)c1nc(-c2ccc(NC(=O)c3ccc(N4CCN(C)CC4)cc3)cc2)cs1.[Na+]. The number of piperazine rings is 1. The van der Waals surface area contributed by atoms with Gasteiger partial charge in [-0.1, -0.05) is 24.3 Å². The van der Waals surface area contributed by atoms with Crippen molar-refractivity contribution in [2.75, 3.05) is 48.3 Å². The van der Waals surface area contributed by atoms with E-state index in [1.54, 1.807) is 24.3 Å². The van der Waals surface area contributed by atoms with Crippen molar-refractivity contribution in [3.05, 3.63) is 89.3 Å². The number of carboxylic acids is 1. The third-order valence-corrected chi connectivity index (χ3v) is 7.87. The normalized spacial score (nSPS) is 13.5. The van der Waals surface area contributed by atoms with Gasteiger partial charge in [-0.05, 0) is 75.0 Å². The van der Waals surface area contributed by atoms with Gasteiger partial charge in [-0.25, -0.2) is 4.98 Å². The van der Waals surface area contributed by atoms with E-state index in [0.717, 1.165) is 53.9 Å². The van der Waals surface area contributed by atoms with Crippen molar-refractivity contribution in [3.63, 3.8) is 0 Å². The van der Waals surface area contributed by atoms with Crippen molar-refractivity contribution >= 4 is 45.4 Å². The van der Waals surface area contributed by atoms with E-state index in [0.29, 0.717) is 11.3 Å². The molecule has 0 unspecified atom stereocenters. The van der Waals surface area contributed by atoms with Crippen LogP contribution in [0.4, 0.5) is 22.2 Å². The Labute approximate surface area is 266 Å². The molecule has 0 atom stereocenters. The van der Waals surface area contributed by atoms with Gasteiger partial charge in [0.2, 0.25) is 0 Å². The maximum absolute atomic E-state index is 12.9. The number of amides is 1. The number of aromatic carboxylic acids is 1. The maximum Gasteiger partial charge on any atom is 1.00 e. The predicted molar refractivity (Wildman–Crippen MR) is 160 cm³/mol. The zero-order chi connectivity index (χ0) is 28.2. The summed E-state index contributed by atoms with van der Waals surface area (Å²) >= 11 is 1.52. The Morgan fingerprint density at radius 1 is 0.902 bits per heavy atom. The van der Waals surface area contributed by atoms with Gasteiger partial charge in [0.05, 0.1) is 11.7 Å². The molecule has 206 valence electrons. The minimum absolute atomic E-state index is 0. The van der Waals surface area contributed by atoms with Crippen molar-refractivity contribution in [2.45, 2.75) is 19.9 Å². The molecular formula is C31H32N5NaO3S. The molecule has 1 fully saturated rings. The monoisotopic (exact) mass is 577 g/mol. The quantitative estimate of drug-likeness (QED) is 0.319. The molecule has 1 saturated heterocycles.